The molecule has 0 fully saturated rings. The van der Waals surface area contributed by atoms with Gasteiger partial charge in [-0.25, -0.2) is 0 Å². The summed E-state index contributed by atoms with van der Waals surface area (Å²) in [6.45, 7) is 28.7. The predicted octanol–water partition coefficient (Wildman–Crippen LogP) is 21.4. The van der Waals surface area contributed by atoms with E-state index >= 15 is 0 Å². The molecule has 2 aliphatic rings. The molecule has 15 heteroatoms. The van der Waals surface area contributed by atoms with Gasteiger partial charge in [-0.05, 0) is 152 Å². The highest BCUT2D eigenvalue weighted by Gasteiger charge is 2.33. The Kier molecular flexibility index (Phi) is 19.0. The van der Waals surface area contributed by atoms with Gasteiger partial charge in [-0.2, -0.15) is 0 Å². The highest BCUT2D eigenvalue weighted by molar-refractivity contribution is 8.01. The molecule has 0 unspecified atom stereocenters. The van der Waals surface area contributed by atoms with Crippen LogP contribution in [0, 0.1) is 0 Å². The number of benzene rings is 12. The highest BCUT2D eigenvalue weighted by Crippen LogP contribution is 2.58. The molecule has 10 bridgehead atoms. The minimum Gasteiger partial charge on any atom is -0.489 e. The smallest absolute Gasteiger partial charge is 0.262 e. The molecule has 14 rings (SSSR count). The van der Waals surface area contributed by atoms with E-state index in [-0.39, 0.29) is 67.7 Å². The van der Waals surface area contributed by atoms with Gasteiger partial charge < -0.3 is 43.8 Å². The van der Waals surface area contributed by atoms with Crippen LogP contribution in [0.1, 0.15) is 105 Å². The molecule has 0 aliphatic carbocycles. The summed E-state index contributed by atoms with van der Waals surface area (Å²) in [4.78, 5) is 36.4. The molecular formula is C84H84N2O9S4. The van der Waals surface area contributed by atoms with Crippen molar-refractivity contribution in [2.24, 2.45) is 0 Å². The van der Waals surface area contributed by atoms with Gasteiger partial charge in [0.15, 0.2) is 13.2 Å². The summed E-state index contributed by atoms with van der Waals surface area (Å²) in [5, 5.41) is 19.9. The van der Waals surface area contributed by atoms with E-state index in [0.717, 1.165) is 115 Å². The van der Waals surface area contributed by atoms with Crippen LogP contribution in [0.25, 0.3) is 64.6 Å². The van der Waals surface area contributed by atoms with Crippen molar-refractivity contribution >= 4 is 135 Å². The molecule has 0 saturated carbocycles. The number of hydrogen-bond donors (Lipinski definition) is 2. The third-order valence-electron chi connectivity index (χ3n) is 18.4. The second-order valence-electron chi connectivity index (χ2n) is 29.7. The maximum Gasteiger partial charge on any atom is 0.262 e. The molecule has 2 amide bonds. The molecule has 0 spiro atoms. The molecule has 508 valence electrons. The summed E-state index contributed by atoms with van der Waals surface area (Å²) >= 11 is 6.25. The van der Waals surface area contributed by atoms with E-state index in [0.29, 0.717) is 60.8 Å². The number of nitrogens with one attached hydrogen (secondary N) is 2. The summed E-state index contributed by atoms with van der Waals surface area (Å²) in [5.74, 6) is 1.78. The quantitative estimate of drug-likeness (QED) is 0.141. The number of anilines is 2. The van der Waals surface area contributed by atoms with Gasteiger partial charge in [0.25, 0.3) is 11.8 Å². The minimum absolute atomic E-state index is 0.219. The minimum atomic E-state index is -0.407. The van der Waals surface area contributed by atoms with Gasteiger partial charge in [0.1, 0.15) is 36.2 Å². The monoisotopic (exact) mass is 1390 g/mol. The number of fused-ring (bicyclic) bond motifs is 2. The molecule has 0 atom stereocenters. The van der Waals surface area contributed by atoms with Crippen LogP contribution < -0.4 is 29.6 Å². The van der Waals surface area contributed by atoms with Gasteiger partial charge in [0, 0.05) is 22.1 Å². The lowest BCUT2D eigenvalue weighted by Gasteiger charge is -2.29. The fourth-order valence-electron chi connectivity index (χ4n) is 13.1. The Morgan fingerprint density at radius 1 is 0.364 bits per heavy atom. The Hall–Kier alpha value is -7.86. The molecule has 12 aromatic rings. The average Bonchev–Trinajstić information content (AvgIpc) is 0.755. The van der Waals surface area contributed by atoms with Crippen molar-refractivity contribution < 1.29 is 42.7 Å². The van der Waals surface area contributed by atoms with Crippen LogP contribution in [0.15, 0.2) is 197 Å². The Labute approximate surface area is 597 Å². The van der Waals surface area contributed by atoms with Crippen LogP contribution in [0.3, 0.4) is 0 Å². The zero-order valence-electron chi connectivity index (χ0n) is 58.4. The number of ether oxygens (including phenoxy) is 7. The van der Waals surface area contributed by atoms with Gasteiger partial charge in [0.2, 0.25) is 0 Å². The van der Waals surface area contributed by atoms with Crippen LogP contribution in [-0.4, -0.2) is 77.9 Å². The van der Waals surface area contributed by atoms with E-state index in [1.807, 2.05) is 12.1 Å². The largest absolute Gasteiger partial charge is 0.489 e. The zero-order valence-corrected chi connectivity index (χ0v) is 61.7. The third-order valence-corrected chi connectivity index (χ3v) is 22.7. The standard InChI is InChI=1S/C84H84N2O9S4/c1-81(2,3)55-41-64-76-65(42-55)98-68-45-57(83(7,8)9)46-69(78(68)95-48-71(88)86-62-31-26-54-22-20-50-16-14-18-52-24-28-59(62)75(54)73(50)52)99-80-60(84(10,11)12)29-32-63(79(80)93-40-38-91-36-34-89-33-35-90-37-39-92-76)96-66-43-56(82(4,5)6)44-67(97-64)77(66)94-47-70(87)85-61-30-25-53-21-19-49-15-13-17-51-23-27-58(61)74(53)72(49)51/h13-32,41-46H,33-40,47-48H2,1-12H3,(H,85,87)(H,86,88). The normalized spacial score (nSPS) is 14.8. The van der Waals surface area contributed by atoms with Gasteiger partial charge in [-0.3, -0.25) is 9.59 Å². The number of carbonyl (C=O) groups is 2. The first-order valence-electron chi connectivity index (χ1n) is 34.0. The number of carbonyl (C=O) groups excluding carboxylic acids is 2. The Balaban J connectivity index is 0.948. The average molecular weight is 1390 g/mol. The molecule has 0 aromatic heterocycles. The Bertz CT molecular complexity index is 5050. The summed E-state index contributed by atoms with van der Waals surface area (Å²) in [6, 6.07) is 55.7. The lowest BCUT2D eigenvalue weighted by molar-refractivity contribution is -0.118. The first kappa shape index (κ1) is 68.3. The van der Waals surface area contributed by atoms with Gasteiger partial charge in [0.05, 0.1) is 78.8 Å². The maximum absolute atomic E-state index is 14.9. The highest BCUT2D eigenvalue weighted by atomic mass is 32.2. The molecule has 12 aromatic carbocycles. The zero-order chi connectivity index (χ0) is 69.1. The van der Waals surface area contributed by atoms with Crippen LogP contribution >= 0.6 is 47.0 Å². The lowest BCUT2D eigenvalue weighted by Crippen LogP contribution is -2.21. The van der Waals surface area contributed by atoms with Crippen molar-refractivity contribution in [1.82, 2.24) is 0 Å². The Morgan fingerprint density at radius 3 is 1.11 bits per heavy atom. The van der Waals surface area contributed by atoms with E-state index < -0.39 is 5.41 Å². The molecule has 2 N–H and O–H groups in total. The van der Waals surface area contributed by atoms with Crippen LogP contribution in [-0.2, 0) is 45.5 Å². The molecule has 0 saturated heterocycles. The van der Waals surface area contributed by atoms with E-state index in [9.17, 15) is 9.59 Å². The van der Waals surface area contributed by atoms with Crippen LogP contribution in [0.4, 0.5) is 11.4 Å². The summed E-state index contributed by atoms with van der Waals surface area (Å²) in [5.41, 5.74) is 4.23. The van der Waals surface area contributed by atoms with Crippen molar-refractivity contribution in [3.8, 4) is 23.0 Å². The number of amides is 2. The first-order valence-corrected chi connectivity index (χ1v) is 37.3. The molecule has 2 heterocycles. The van der Waals surface area contributed by atoms with Crippen LogP contribution in [0.2, 0.25) is 0 Å². The predicted molar refractivity (Wildman–Crippen MR) is 409 cm³/mol. The van der Waals surface area contributed by atoms with Crippen molar-refractivity contribution in [3.05, 3.63) is 180 Å². The fourth-order valence-corrected chi connectivity index (χ4v) is 18.1. The fraction of sp³-hybridized carbons (Fsp3) is 0.310. The topological polar surface area (TPSA) is 123 Å². The summed E-state index contributed by atoms with van der Waals surface area (Å²) < 4.78 is 47.3. The molecule has 99 heavy (non-hydrogen) atoms. The van der Waals surface area contributed by atoms with E-state index in [1.54, 1.807) is 47.0 Å². The SMILES string of the molecule is CC(C)(C)c1cc2c3c(c1)Sc1cc(C(C)(C)C)cc(c1OCC(=O)Nc1ccc4ccc5cccc6ccc1c4c56)Sc1c(C(C)(C)C)ccc(c1OCCOCCOCCOCCO3)Sc1cc(C(C)(C)C)cc(c1OCC(=O)Nc1ccc3ccc4cccc5ccc1c3c45)S2. The van der Waals surface area contributed by atoms with Crippen LogP contribution in [0.5, 0.6) is 23.0 Å². The van der Waals surface area contributed by atoms with Crippen molar-refractivity contribution in [2.45, 2.75) is 144 Å². The van der Waals surface area contributed by atoms with E-state index in [4.69, 9.17) is 33.2 Å². The third kappa shape index (κ3) is 14.3. The summed E-state index contributed by atoms with van der Waals surface area (Å²) in [7, 11) is 0. The number of rotatable bonds is 8. The van der Waals surface area contributed by atoms with Crippen molar-refractivity contribution in [2.75, 3.05) is 76.7 Å². The van der Waals surface area contributed by atoms with Crippen molar-refractivity contribution in [3.63, 3.8) is 0 Å². The maximum atomic E-state index is 14.9. The van der Waals surface area contributed by atoms with Crippen molar-refractivity contribution in [1.29, 1.82) is 0 Å². The second kappa shape index (κ2) is 27.6. The van der Waals surface area contributed by atoms with Gasteiger partial charge >= 0.3 is 0 Å². The van der Waals surface area contributed by atoms with E-state index in [2.05, 4.69) is 239 Å². The molecule has 0 radical (unpaired) electrons. The molecular weight excluding hydrogens is 1310 g/mol. The van der Waals surface area contributed by atoms with Gasteiger partial charge in [-0.1, -0.05) is 233 Å². The molecule has 2 aliphatic heterocycles. The van der Waals surface area contributed by atoms with E-state index in [1.165, 1.54) is 10.8 Å². The number of hydrogen-bond acceptors (Lipinski definition) is 13. The second-order valence-corrected chi connectivity index (χ2v) is 34.0. The summed E-state index contributed by atoms with van der Waals surface area (Å²) in [6.07, 6.45) is 0. The lowest BCUT2D eigenvalue weighted by atomic mass is 9.87. The first-order chi connectivity index (χ1) is 47.4. The van der Waals surface area contributed by atoms with Gasteiger partial charge in [-0.15, -0.1) is 0 Å². The Morgan fingerprint density at radius 2 is 0.707 bits per heavy atom. The molecule has 11 nitrogen and oxygen atoms in total.